The van der Waals surface area contributed by atoms with Crippen molar-refractivity contribution < 1.29 is 23.4 Å². The van der Waals surface area contributed by atoms with Crippen LogP contribution in [-0.4, -0.2) is 10.2 Å². The molecule has 1 fully saturated rings. The summed E-state index contributed by atoms with van der Waals surface area (Å²) in [5, 5.41) is 20.6. The fourth-order valence-corrected chi connectivity index (χ4v) is 3.40. The van der Waals surface area contributed by atoms with Gasteiger partial charge in [0.2, 0.25) is 0 Å². The van der Waals surface area contributed by atoms with E-state index in [1.54, 1.807) is 0 Å². The van der Waals surface area contributed by atoms with Crippen molar-refractivity contribution in [3.8, 4) is 11.5 Å². The summed E-state index contributed by atoms with van der Waals surface area (Å²) in [4.78, 5) is 0. The number of hydrogen-bond donors (Lipinski definition) is 2. The van der Waals surface area contributed by atoms with Crippen molar-refractivity contribution in [3.05, 3.63) is 58.4 Å². The first kappa shape index (κ1) is 17.4. The van der Waals surface area contributed by atoms with Crippen LogP contribution in [-0.2, 0) is 0 Å². The predicted molar refractivity (Wildman–Crippen MR) is 90.8 cm³/mol. The third-order valence-electron chi connectivity index (χ3n) is 4.67. The minimum absolute atomic E-state index is 0.00249. The van der Waals surface area contributed by atoms with Gasteiger partial charge in [-0.1, -0.05) is 31.4 Å². The van der Waals surface area contributed by atoms with Crippen LogP contribution in [0.25, 0.3) is 12.2 Å². The van der Waals surface area contributed by atoms with Gasteiger partial charge in [0.05, 0.1) is 0 Å². The van der Waals surface area contributed by atoms with Gasteiger partial charge in [-0.25, -0.2) is 13.2 Å². The molecule has 0 heterocycles. The Kier molecular flexibility index (Phi) is 5.02. The van der Waals surface area contributed by atoms with Crippen LogP contribution in [0.5, 0.6) is 11.5 Å². The van der Waals surface area contributed by atoms with Crippen molar-refractivity contribution in [2.45, 2.75) is 38.0 Å². The Morgan fingerprint density at radius 2 is 1.36 bits per heavy atom. The van der Waals surface area contributed by atoms with E-state index in [1.807, 2.05) is 0 Å². The Balaban J connectivity index is 1.87. The van der Waals surface area contributed by atoms with Gasteiger partial charge in [0.1, 0.15) is 17.3 Å². The van der Waals surface area contributed by atoms with Gasteiger partial charge < -0.3 is 10.2 Å². The van der Waals surface area contributed by atoms with E-state index in [0.29, 0.717) is 17.2 Å². The average Bonchev–Trinajstić information content (AvgIpc) is 2.57. The van der Waals surface area contributed by atoms with Gasteiger partial charge in [0.15, 0.2) is 11.6 Å². The lowest BCUT2D eigenvalue weighted by molar-refractivity contribution is 0.389. The number of phenolic OH excluding ortho intramolecular Hbond substituents is 2. The van der Waals surface area contributed by atoms with Crippen molar-refractivity contribution in [3.63, 3.8) is 0 Å². The first-order valence-electron chi connectivity index (χ1n) is 8.34. The molecule has 3 rings (SSSR count). The SMILES string of the molecule is Oc1cc(C=Cc2cc(F)c(F)cc2F)cc(O)c1C1CCCCC1. The van der Waals surface area contributed by atoms with Gasteiger partial charge in [0.25, 0.3) is 0 Å². The summed E-state index contributed by atoms with van der Waals surface area (Å²) >= 11 is 0. The second-order valence-electron chi connectivity index (χ2n) is 6.43. The fourth-order valence-electron chi connectivity index (χ4n) is 3.40. The van der Waals surface area contributed by atoms with E-state index in [1.165, 1.54) is 30.7 Å². The molecule has 2 N–H and O–H groups in total. The molecule has 0 spiro atoms. The van der Waals surface area contributed by atoms with Crippen molar-refractivity contribution >= 4 is 12.2 Å². The van der Waals surface area contributed by atoms with E-state index in [9.17, 15) is 23.4 Å². The van der Waals surface area contributed by atoms with Crippen LogP contribution in [0.3, 0.4) is 0 Å². The highest BCUT2D eigenvalue weighted by atomic mass is 19.2. The maximum Gasteiger partial charge on any atom is 0.161 e. The Morgan fingerprint density at radius 3 is 2.00 bits per heavy atom. The molecule has 132 valence electrons. The third kappa shape index (κ3) is 3.81. The number of phenols is 2. The van der Waals surface area contributed by atoms with E-state index >= 15 is 0 Å². The second kappa shape index (κ2) is 7.21. The van der Waals surface area contributed by atoms with Gasteiger partial charge in [-0.15, -0.1) is 0 Å². The van der Waals surface area contributed by atoms with Gasteiger partial charge in [-0.05, 0) is 42.5 Å². The summed E-state index contributed by atoms with van der Waals surface area (Å²) < 4.78 is 39.8. The van der Waals surface area contributed by atoms with Crippen LogP contribution in [0.15, 0.2) is 24.3 Å². The molecule has 1 aliphatic carbocycles. The molecular formula is C20H19F3O2. The topological polar surface area (TPSA) is 40.5 Å². The van der Waals surface area contributed by atoms with Crippen LogP contribution < -0.4 is 0 Å². The summed E-state index contributed by atoms with van der Waals surface area (Å²) in [5.41, 5.74) is 0.879. The Hall–Kier alpha value is -2.43. The summed E-state index contributed by atoms with van der Waals surface area (Å²) in [6.07, 6.45) is 7.86. The molecule has 0 aliphatic heterocycles. The molecule has 0 aromatic heterocycles. The number of hydrogen-bond acceptors (Lipinski definition) is 2. The lowest BCUT2D eigenvalue weighted by atomic mass is 9.83. The molecule has 0 bridgehead atoms. The zero-order chi connectivity index (χ0) is 18.0. The molecule has 0 radical (unpaired) electrons. The predicted octanol–water partition coefficient (Wildman–Crippen LogP) is 5.73. The molecule has 25 heavy (non-hydrogen) atoms. The second-order valence-corrected chi connectivity index (χ2v) is 6.43. The molecule has 2 nitrogen and oxygen atoms in total. The van der Waals surface area contributed by atoms with Crippen LogP contribution in [0.2, 0.25) is 0 Å². The average molecular weight is 348 g/mol. The summed E-state index contributed by atoms with van der Waals surface area (Å²) in [7, 11) is 0. The Morgan fingerprint density at radius 1 is 0.760 bits per heavy atom. The molecular weight excluding hydrogens is 329 g/mol. The monoisotopic (exact) mass is 348 g/mol. The first-order chi connectivity index (χ1) is 12.0. The third-order valence-corrected chi connectivity index (χ3v) is 4.67. The van der Waals surface area contributed by atoms with E-state index in [2.05, 4.69) is 0 Å². The molecule has 0 unspecified atom stereocenters. The van der Waals surface area contributed by atoms with Crippen LogP contribution in [0, 0.1) is 17.5 Å². The maximum absolute atomic E-state index is 13.6. The van der Waals surface area contributed by atoms with Crippen LogP contribution >= 0.6 is 0 Å². The van der Waals surface area contributed by atoms with Gasteiger partial charge in [0, 0.05) is 17.2 Å². The van der Waals surface area contributed by atoms with Crippen molar-refractivity contribution in [1.29, 1.82) is 0 Å². The molecule has 2 aromatic rings. The molecule has 5 heteroatoms. The molecule has 1 aliphatic rings. The fraction of sp³-hybridized carbons (Fsp3) is 0.300. The molecule has 0 atom stereocenters. The highest BCUT2D eigenvalue weighted by Gasteiger charge is 2.22. The first-order valence-corrected chi connectivity index (χ1v) is 8.34. The highest BCUT2D eigenvalue weighted by Crippen LogP contribution is 2.42. The molecule has 1 saturated carbocycles. The van der Waals surface area contributed by atoms with Crippen LogP contribution in [0.4, 0.5) is 13.2 Å². The summed E-state index contributed by atoms with van der Waals surface area (Å²) in [6, 6.07) is 4.21. The zero-order valence-electron chi connectivity index (χ0n) is 13.6. The van der Waals surface area contributed by atoms with E-state index < -0.39 is 17.5 Å². The number of benzene rings is 2. The highest BCUT2D eigenvalue weighted by molar-refractivity contribution is 5.72. The van der Waals surface area contributed by atoms with E-state index in [-0.39, 0.29) is 23.0 Å². The van der Waals surface area contributed by atoms with Gasteiger partial charge in [-0.3, -0.25) is 0 Å². The summed E-state index contributed by atoms with van der Waals surface area (Å²) in [5.74, 6) is -3.14. The van der Waals surface area contributed by atoms with Crippen molar-refractivity contribution in [2.75, 3.05) is 0 Å². The van der Waals surface area contributed by atoms with Gasteiger partial charge in [-0.2, -0.15) is 0 Å². The number of rotatable bonds is 3. The van der Waals surface area contributed by atoms with Crippen LogP contribution in [0.1, 0.15) is 54.7 Å². The van der Waals surface area contributed by atoms with Gasteiger partial charge >= 0.3 is 0 Å². The van der Waals surface area contributed by atoms with Crippen molar-refractivity contribution in [1.82, 2.24) is 0 Å². The van der Waals surface area contributed by atoms with E-state index in [4.69, 9.17) is 0 Å². The number of aromatic hydroxyl groups is 2. The minimum atomic E-state index is -1.25. The minimum Gasteiger partial charge on any atom is -0.507 e. The normalized spacial score (nSPS) is 15.8. The number of halogens is 3. The Bertz CT molecular complexity index is 786. The summed E-state index contributed by atoms with van der Waals surface area (Å²) in [6.45, 7) is 0. The Labute approximate surface area is 144 Å². The zero-order valence-corrected chi connectivity index (χ0v) is 13.6. The largest absolute Gasteiger partial charge is 0.507 e. The molecule has 0 saturated heterocycles. The lowest BCUT2D eigenvalue weighted by Gasteiger charge is -2.23. The lowest BCUT2D eigenvalue weighted by Crippen LogP contribution is -2.05. The maximum atomic E-state index is 13.6. The smallest absolute Gasteiger partial charge is 0.161 e. The van der Waals surface area contributed by atoms with E-state index in [0.717, 1.165) is 31.7 Å². The van der Waals surface area contributed by atoms with Crippen molar-refractivity contribution in [2.24, 2.45) is 0 Å². The standard InChI is InChI=1S/C20H19F3O2/c21-15-11-17(23)16(22)10-14(15)7-6-12-8-18(24)20(19(25)9-12)13-4-2-1-3-5-13/h6-11,13,24-25H,1-5H2. The molecule has 0 amide bonds. The quantitative estimate of drug-likeness (QED) is 0.549. The molecule has 2 aromatic carbocycles.